The summed E-state index contributed by atoms with van der Waals surface area (Å²) in [6.07, 6.45) is 0.433. The van der Waals surface area contributed by atoms with Gasteiger partial charge in [-0.2, -0.15) is 0 Å². The molecule has 0 aliphatic carbocycles. The Balaban J connectivity index is 1.57. The summed E-state index contributed by atoms with van der Waals surface area (Å²) in [5, 5.41) is 0.814. The van der Waals surface area contributed by atoms with Crippen LogP contribution in [-0.2, 0) is 4.84 Å². The molecule has 1 aliphatic rings. The average molecular weight is 291 g/mol. The minimum absolute atomic E-state index is 0.186. The van der Waals surface area contributed by atoms with E-state index < -0.39 is 11.8 Å². The van der Waals surface area contributed by atoms with Gasteiger partial charge in [-0.15, -0.1) is 5.06 Å². The van der Waals surface area contributed by atoms with E-state index in [-0.39, 0.29) is 6.61 Å². The Morgan fingerprint density at radius 1 is 0.864 bits per heavy atom. The maximum absolute atomic E-state index is 12.0. The van der Waals surface area contributed by atoms with Crippen LogP contribution in [0, 0.1) is 11.8 Å². The Labute approximate surface area is 128 Å². The van der Waals surface area contributed by atoms with Crippen LogP contribution < -0.4 is 0 Å². The van der Waals surface area contributed by atoms with Crippen molar-refractivity contribution in [3.05, 3.63) is 71.3 Å². The van der Waals surface area contributed by atoms with Crippen molar-refractivity contribution in [2.45, 2.75) is 6.42 Å². The number of hydroxylamine groups is 2. The summed E-state index contributed by atoms with van der Waals surface area (Å²) in [6, 6.07) is 16.3. The molecule has 4 nitrogen and oxygen atoms in total. The van der Waals surface area contributed by atoms with Gasteiger partial charge in [0.1, 0.15) is 0 Å². The van der Waals surface area contributed by atoms with Gasteiger partial charge in [0.25, 0.3) is 11.8 Å². The summed E-state index contributed by atoms with van der Waals surface area (Å²) in [5.74, 6) is 5.10. The fourth-order valence-corrected chi connectivity index (χ4v) is 2.16. The van der Waals surface area contributed by atoms with Gasteiger partial charge in [-0.25, -0.2) is 0 Å². The zero-order valence-corrected chi connectivity index (χ0v) is 11.8. The number of hydrogen-bond donors (Lipinski definition) is 0. The zero-order chi connectivity index (χ0) is 15.4. The molecule has 0 spiro atoms. The monoisotopic (exact) mass is 291 g/mol. The smallest absolute Gasteiger partial charge is 0.266 e. The van der Waals surface area contributed by atoms with E-state index in [2.05, 4.69) is 11.8 Å². The molecule has 4 heteroatoms. The van der Waals surface area contributed by atoms with Crippen LogP contribution in [0.15, 0.2) is 54.6 Å². The molecule has 2 aromatic carbocycles. The molecule has 108 valence electrons. The van der Waals surface area contributed by atoms with E-state index in [1.54, 1.807) is 24.3 Å². The molecule has 0 aromatic heterocycles. The Bertz CT molecular complexity index is 737. The molecule has 0 fully saturated rings. The summed E-state index contributed by atoms with van der Waals surface area (Å²) in [5.41, 5.74) is 1.67. The zero-order valence-electron chi connectivity index (χ0n) is 11.8. The van der Waals surface area contributed by atoms with E-state index in [0.717, 1.165) is 10.6 Å². The molecular weight excluding hydrogens is 278 g/mol. The number of benzene rings is 2. The summed E-state index contributed by atoms with van der Waals surface area (Å²) in [4.78, 5) is 29.4. The third-order valence-corrected chi connectivity index (χ3v) is 3.21. The molecule has 0 N–H and O–H groups in total. The summed E-state index contributed by atoms with van der Waals surface area (Å²) in [7, 11) is 0. The van der Waals surface area contributed by atoms with E-state index in [9.17, 15) is 9.59 Å². The predicted molar refractivity (Wildman–Crippen MR) is 80.8 cm³/mol. The van der Waals surface area contributed by atoms with Crippen LogP contribution in [0.1, 0.15) is 32.7 Å². The number of hydrogen-bond acceptors (Lipinski definition) is 3. The number of amides is 2. The van der Waals surface area contributed by atoms with E-state index in [1.807, 2.05) is 30.3 Å². The van der Waals surface area contributed by atoms with Crippen molar-refractivity contribution in [3.8, 4) is 11.8 Å². The van der Waals surface area contributed by atoms with Crippen molar-refractivity contribution in [1.82, 2.24) is 5.06 Å². The van der Waals surface area contributed by atoms with E-state index in [1.165, 1.54) is 0 Å². The third kappa shape index (κ3) is 2.76. The van der Waals surface area contributed by atoms with Crippen LogP contribution >= 0.6 is 0 Å². The van der Waals surface area contributed by atoms with Crippen LogP contribution in [0.3, 0.4) is 0 Å². The lowest BCUT2D eigenvalue weighted by Gasteiger charge is -2.11. The Hall–Kier alpha value is -2.90. The molecule has 2 aromatic rings. The van der Waals surface area contributed by atoms with Crippen molar-refractivity contribution in [2.24, 2.45) is 0 Å². The van der Waals surface area contributed by atoms with E-state index in [0.29, 0.717) is 17.5 Å². The molecule has 0 saturated heterocycles. The van der Waals surface area contributed by atoms with Gasteiger partial charge in [-0.05, 0) is 24.3 Å². The van der Waals surface area contributed by atoms with Gasteiger partial charge in [-0.1, -0.05) is 42.2 Å². The standard InChI is InChI=1S/C18H13NO3/c20-17-15-11-4-5-12-16(15)18(21)19(17)22-13-7-6-10-14-8-2-1-3-9-14/h1-5,8-9,11-12H,7,13H2. The average Bonchev–Trinajstić information content (AvgIpc) is 2.81. The van der Waals surface area contributed by atoms with Crippen LogP contribution in [-0.4, -0.2) is 23.5 Å². The van der Waals surface area contributed by atoms with Crippen molar-refractivity contribution in [3.63, 3.8) is 0 Å². The molecule has 3 rings (SSSR count). The molecule has 0 saturated carbocycles. The van der Waals surface area contributed by atoms with Gasteiger partial charge in [0, 0.05) is 12.0 Å². The highest BCUT2D eigenvalue weighted by molar-refractivity contribution is 6.20. The van der Waals surface area contributed by atoms with Gasteiger partial charge in [-0.3, -0.25) is 14.4 Å². The number of imide groups is 1. The molecule has 2 amide bonds. The summed E-state index contributed by atoms with van der Waals surface area (Å²) >= 11 is 0. The lowest BCUT2D eigenvalue weighted by Crippen LogP contribution is -2.30. The highest BCUT2D eigenvalue weighted by atomic mass is 16.7. The second-order valence-electron chi connectivity index (χ2n) is 4.70. The van der Waals surface area contributed by atoms with Gasteiger partial charge in [0.2, 0.25) is 0 Å². The highest BCUT2D eigenvalue weighted by Crippen LogP contribution is 2.22. The van der Waals surface area contributed by atoms with Gasteiger partial charge < -0.3 is 0 Å². The van der Waals surface area contributed by atoms with Gasteiger partial charge >= 0.3 is 0 Å². The SMILES string of the molecule is O=C1c2ccccc2C(=O)N1OCCC#Cc1ccccc1. The molecular formula is C18H13NO3. The van der Waals surface area contributed by atoms with Crippen LogP contribution in [0.5, 0.6) is 0 Å². The van der Waals surface area contributed by atoms with Gasteiger partial charge in [0.05, 0.1) is 17.7 Å². The number of fused-ring (bicyclic) bond motifs is 1. The van der Waals surface area contributed by atoms with E-state index in [4.69, 9.17) is 4.84 Å². The fraction of sp³-hybridized carbons (Fsp3) is 0.111. The summed E-state index contributed by atoms with van der Waals surface area (Å²) < 4.78 is 0. The predicted octanol–water partition coefficient (Wildman–Crippen LogP) is 2.66. The van der Waals surface area contributed by atoms with Crippen LogP contribution in [0.2, 0.25) is 0 Å². The molecule has 0 radical (unpaired) electrons. The normalized spacial score (nSPS) is 12.8. The lowest BCUT2D eigenvalue weighted by molar-refractivity contribution is -0.0892. The Kier molecular flexibility index (Phi) is 3.99. The molecule has 0 unspecified atom stereocenters. The first-order valence-corrected chi connectivity index (χ1v) is 6.92. The largest absolute Gasteiger partial charge is 0.285 e. The number of carbonyl (C=O) groups excluding carboxylic acids is 2. The number of carbonyl (C=O) groups is 2. The lowest BCUT2D eigenvalue weighted by atomic mass is 10.1. The minimum Gasteiger partial charge on any atom is -0.266 e. The van der Waals surface area contributed by atoms with Crippen LogP contribution in [0.25, 0.3) is 0 Å². The maximum Gasteiger partial charge on any atom is 0.285 e. The fourth-order valence-electron chi connectivity index (χ4n) is 2.16. The molecule has 0 bridgehead atoms. The first-order chi connectivity index (χ1) is 10.8. The quantitative estimate of drug-likeness (QED) is 0.496. The molecule has 22 heavy (non-hydrogen) atoms. The van der Waals surface area contributed by atoms with Crippen LogP contribution in [0.4, 0.5) is 0 Å². The highest BCUT2D eigenvalue weighted by Gasteiger charge is 2.36. The second-order valence-corrected chi connectivity index (χ2v) is 4.70. The molecule has 1 aliphatic heterocycles. The number of nitrogens with zero attached hydrogens (tertiary/aromatic N) is 1. The molecule has 1 heterocycles. The van der Waals surface area contributed by atoms with Crippen molar-refractivity contribution < 1.29 is 14.4 Å². The number of rotatable bonds is 3. The van der Waals surface area contributed by atoms with Crippen molar-refractivity contribution in [1.29, 1.82) is 0 Å². The van der Waals surface area contributed by atoms with Crippen molar-refractivity contribution in [2.75, 3.05) is 6.61 Å². The third-order valence-electron chi connectivity index (χ3n) is 3.21. The first kappa shape index (κ1) is 14.1. The van der Waals surface area contributed by atoms with Gasteiger partial charge in [0.15, 0.2) is 0 Å². The van der Waals surface area contributed by atoms with E-state index >= 15 is 0 Å². The van der Waals surface area contributed by atoms with Crippen molar-refractivity contribution >= 4 is 11.8 Å². The Morgan fingerprint density at radius 2 is 1.45 bits per heavy atom. The second kappa shape index (κ2) is 6.25. The molecule has 0 atom stereocenters. The maximum atomic E-state index is 12.0. The summed E-state index contributed by atoms with van der Waals surface area (Å²) in [6.45, 7) is 0.186. The topological polar surface area (TPSA) is 46.6 Å². The first-order valence-electron chi connectivity index (χ1n) is 6.92. The Morgan fingerprint density at radius 3 is 2.09 bits per heavy atom. The minimum atomic E-state index is -0.420.